The van der Waals surface area contributed by atoms with Crippen molar-refractivity contribution in [1.82, 2.24) is 5.32 Å². The number of ketones is 1. The molecule has 1 N–H and O–H groups in total. The Kier molecular flexibility index (Phi) is 4.78. The van der Waals surface area contributed by atoms with E-state index in [0.29, 0.717) is 0 Å². The van der Waals surface area contributed by atoms with E-state index in [4.69, 9.17) is 11.2 Å². The van der Waals surface area contributed by atoms with Crippen LogP contribution >= 0.6 is 0 Å². The van der Waals surface area contributed by atoms with Gasteiger partial charge in [0.1, 0.15) is 6.04 Å². The van der Waals surface area contributed by atoms with Crippen molar-refractivity contribution in [3.8, 4) is 12.3 Å². The van der Waals surface area contributed by atoms with Crippen molar-refractivity contribution < 1.29 is 14.3 Å². The second-order valence-electron chi connectivity index (χ2n) is 2.65. The lowest BCUT2D eigenvalue weighted by molar-refractivity contribution is -0.127. The predicted molar refractivity (Wildman–Crippen MR) is 47.9 cm³/mol. The molecule has 0 spiro atoms. The Hall–Kier alpha value is -1.34. The largest absolute Gasteiger partial charge is 0.379 e. The summed E-state index contributed by atoms with van der Waals surface area (Å²) in [7, 11) is 1.46. The van der Waals surface area contributed by atoms with Gasteiger partial charge >= 0.3 is 0 Å². The Balaban J connectivity index is 4.37. The SMILES string of the molecule is C#CC(=O)N[C@H](C(C)=O)[C@@H](C)OC. The first kappa shape index (κ1) is 11.7. The van der Waals surface area contributed by atoms with Gasteiger partial charge in [0, 0.05) is 7.11 Å². The molecule has 13 heavy (non-hydrogen) atoms. The number of ether oxygens (including phenoxy) is 1. The van der Waals surface area contributed by atoms with Crippen LogP contribution in [0.3, 0.4) is 0 Å². The number of amides is 1. The maximum Gasteiger partial charge on any atom is 0.296 e. The molecule has 0 fully saturated rings. The summed E-state index contributed by atoms with van der Waals surface area (Å²) < 4.78 is 4.91. The van der Waals surface area contributed by atoms with Crippen molar-refractivity contribution in [1.29, 1.82) is 0 Å². The van der Waals surface area contributed by atoms with E-state index < -0.39 is 11.9 Å². The summed E-state index contributed by atoms with van der Waals surface area (Å²) >= 11 is 0. The first-order chi connectivity index (χ1) is 6.02. The lowest BCUT2D eigenvalue weighted by Crippen LogP contribution is -2.47. The topological polar surface area (TPSA) is 55.4 Å². The van der Waals surface area contributed by atoms with Gasteiger partial charge in [-0.1, -0.05) is 0 Å². The first-order valence-corrected chi connectivity index (χ1v) is 3.83. The van der Waals surface area contributed by atoms with Crippen molar-refractivity contribution in [2.24, 2.45) is 0 Å². The smallest absolute Gasteiger partial charge is 0.296 e. The number of hydrogen-bond acceptors (Lipinski definition) is 3. The van der Waals surface area contributed by atoms with Crippen molar-refractivity contribution in [3.63, 3.8) is 0 Å². The van der Waals surface area contributed by atoms with Crippen molar-refractivity contribution in [3.05, 3.63) is 0 Å². The maximum atomic E-state index is 11.0. The fourth-order valence-corrected chi connectivity index (χ4v) is 0.868. The van der Waals surface area contributed by atoms with E-state index in [0.717, 1.165) is 0 Å². The average Bonchev–Trinajstić information content (AvgIpc) is 2.11. The van der Waals surface area contributed by atoms with Gasteiger partial charge in [0.2, 0.25) is 0 Å². The van der Waals surface area contributed by atoms with Crippen LogP contribution in [-0.4, -0.2) is 30.9 Å². The highest BCUT2D eigenvalue weighted by Gasteiger charge is 2.22. The van der Waals surface area contributed by atoms with E-state index in [2.05, 4.69) is 5.32 Å². The average molecular weight is 183 g/mol. The molecule has 4 heteroatoms. The summed E-state index contributed by atoms with van der Waals surface area (Å²) in [5, 5.41) is 2.37. The molecule has 0 aromatic heterocycles. The normalized spacial score (nSPS) is 14.0. The Labute approximate surface area is 77.6 Å². The van der Waals surface area contributed by atoms with Crippen LogP contribution in [0.2, 0.25) is 0 Å². The Morgan fingerprint density at radius 1 is 1.54 bits per heavy atom. The van der Waals surface area contributed by atoms with Crippen LogP contribution in [0.5, 0.6) is 0 Å². The van der Waals surface area contributed by atoms with Gasteiger partial charge in [-0.2, -0.15) is 0 Å². The molecule has 0 aliphatic heterocycles. The second kappa shape index (κ2) is 5.33. The molecule has 72 valence electrons. The van der Waals surface area contributed by atoms with Crippen molar-refractivity contribution in [2.75, 3.05) is 7.11 Å². The lowest BCUT2D eigenvalue weighted by Gasteiger charge is -2.20. The molecule has 1 amide bonds. The molecule has 0 radical (unpaired) electrons. The van der Waals surface area contributed by atoms with Gasteiger partial charge in [-0.05, 0) is 19.8 Å². The van der Waals surface area contributed by atoms with Crippen LogP contribution in [0.4, 0.5) is 0 Å². The molecule has 0 saturated heterocycles. The zero-order valence-electron chi connectivity index (χ0n) is 7.96. The van der Waals surface area contributed by atoms with Crippen LogP contribution in [0.25, 0.3) is 0 Å². The molecular formula is C9H13NO3. The number of rotatable bonds is 4. The number of nitrogens with one attached hydrogen (secondary N) is 1. The highest BCUT2D eigenvalue weighted by Crippen LogP contribution is 1.98. The summed E-state index contributed by atoms with van der Waals surface area (Å²) in [5.74, 6) is 1.08. The number of methoxy groups -OCH3 is 1. The highest BCUT2D eigenvalue weighted by molar-refractivity contribution is 5.96. The summed E-state index contributed by atoms with van der Waals surface area (Å²) in [5.41, 5.74) is 0. The van der Waals surface area contributed by atoms with Crippen LogP contribution in [0, 0.1) is 12.3 Å². The lowest BCUT2D eigenvalue weighted by atomic mass is 10.1. The van der Waals surface area contributed by atoms with Crippen LogP contribution in [0.1, 0.15) is 13.8 Å². The summed E-state index contributed by atoms with van der Waals surface area (Å²) in [6, 6.07) is -0.673. The van der Waals surface area contributed by atoms with E-state index in [1.165, 1.54) is 14.0 Å². The van der Waals surface area contributed by atoms with Crippen LogP contribution in [-0.2, 0) is 14.3 Å². The molecule has 2 atom stereocenters. The monoisotopic (exact) mass is 183 g/mol. The Bertz CT molecular complexity index is 242. The van der Waals surface area contributed by atoms with Crippen molar-refractivity contribution >= 4 is 11.7 Å². The van der Waals surface area contributed by atoms with Crippen LogP contribution < -0.4 is 5.32 Å². The summed E-state index contributed by atoms with van der Waals surface area (Å²) in [4.78, 5) is 21.8. The van der Waals surface area contributed by atoms with E-state index in [1.54, 1.807) is 6.92 Å². The molecule has 0 rings (SSSR count). The van der Waals surface area contributed by atoms with Gasteiger partial charge in [-0.15, -0.1) is 6.42 Å². The molecule has 0 saturated carbocycles. The third kappa shape index (κ3) is 3.72. The number of Topliss-reactive ketones (excluding diaryl/α,β-unsaturated/α-hetero) is 1. The van der Waals surface area contributed by atoms with Gasteiger partial charge in [0.15, 0.2) is 5.78 Å². The molecular weight excluding hydrogens is 170 g/mol. The van der Waals surface area contributed by atoms with E-state index in [1.807, 2.05) is 5.92 Å². The van der Waals surface area contributed by atoms with E-state index in [9.17, 15) is 9.59 Å². The second-order valence-corrected chi connectivity index (χ2v) is 2.65. The quantitative estimate of drug-likeness (QED) is 0.610. The van der Waals surface area contributed by atoms with Gasteiger partial charge in [-0.25, -0.2) is 0 Å². The van der Waals surface area contributed by atoms with Gasteiger partial charge < -0.3 is 10.1 Å². The fourth-order valence-electron chi connectivity index (χ4n) is 0.868. The zero-order valence-corrected chi connectivity index (χ0v) is 7.96. The molecule has 4 nitrogen and oxygen atoms in total. The minimum atomic E-state index is -0.673. The third-order valence-corrected chi connectivity index (χ3v) is 1.70. The molecule has 0 aliphatic rings. The Morgan fingerprint density at radius 3 is 2.38 bits per heavy atom. The van der Waals surface area contributed by atoms with Crippen LogP contribution in [0.15, 0.2) is 0 Å². The number of terminal acetylenes is 1. The van der Waals surface area contributed by atoms with Crippen molar-refractivity contribution in [2.45, 2.75) is 26.0 Å². The predicted octanol–water partition coefficient (Wildman–Crippen LogP) is -0.272. The van der Waals surface area contributed by atoms with E-state index >= 15 is 0 Å². The molecule has 0 unspecified atom stereocenters. The minimum absolute atomic E-state index is 0.182. The van der Waals surface area contributed by atoms with Gasteiger partial charge in [0.05, 0.1) is 6.10 Å². The molecule has 0 aromatic rings. The van der Waals surface area contributed by atoms with Gasteiger partial charge in [-0.3, -0.25) is 9.59 Å². The zero-order chi connectivity index (χ0) is 10.4. The van der Waals surface area contributed by atoms with E-state index in [-0.39, 0.29) is 11.9 Å². The maximum absolute atomic E-state index is 11.0. The first-order valence-electron chi connectivity index (χ1n) is 3.83. The molecule has 0 heterocycles. The molecule has 0 aliphatic carbocycles. The summed E-state index contributed by atoms with van der Waals surface area (Å²) in [6.07, 6.45) is 4.47. The number of carbonyl (C=O) groups is 2. The summed E-state index contributed by atoms with van der Waals surface area (Å²) in [6.45, 7) is 3.06. The number of hydrogen-bond donors (Lipinski definition) is 1. The standard InChI is InChI=1S/C9H13NO3/c1-5-8(12)10-9(6(2)11)7(3)13-4/h1,7,9H,2-4H3,(H,10,12)/t7-,9-/m1/s1. The Morgan fingerprint density at radius 2 is 2.08 bits per heavy atom. The van der Waals surface area contributed by atoms with Gasteiger partial charge in [0.25, 0.3) is 5.91 Å². The fraction of sp³-hybridized carbons (Fsp3) is 0.556. The minimum Gasteiger partial charge on any atom is -0.379 e. The third-order valence-electron chi connectivity index (χ3n) is 1.70. The molecule has 0 aromatic carbocycles. The molecule has 0 bridgehead atoms. The highest BCUT2D eigenvalue weighted by atomic mass is 16.5. The number of carbonyl (C=O) groups excluding carboxylic acids is 2.